The summed E-state index contributed by atoms with van der Waals surface area (Å²) in [6.45, 7) is 5.43. The van der Waals surface area contributed by atoms with Gasteiger partial charge in [0.05, 0.1) is 13.2 Å². The van der Waals surface area contributed by atoms with Crippen molar-refractivity contribution in [2.24, 2.45) is 7.05 Å². The third-order valence-corrected chi connectivity index (χ3v) is 5.25. The Bertz CT molecular complexity index is 829. The van der Waals surface area contributed by atoms with Gasteiger partial charge in [-0.25, -0.2) is 0 Å². The predicted molar refractivity (Wildman–Crippen MR) is 120 cm³/mol. The van der Waals surface area contributed by atoms with E-state index in [0.29, 0.717) is 19.7 Å². The summed E-state index contributed by atoms with van der Waals surface area (Å²) in [4.78, 5) is 29.4. The number of carbonyl (C=O) groups is 2. The predicted octanol–water partition coefficient (Wildman–Crippen LogP) is 3.34. The molecule has 0 N–H and O–H groups in total. The zero-order valence-electron chi connectivity index (χ0n) is 18.5. The summed E-state index contributed by atoms with van der Waals surface area (Å²) < 4.78 is 7.18. The van der Waals surface area contributed by atoms with Crippen LogP contribution in [-0.2, 0) is 27.9 Å². The van der Waals surface area contributed by atoms with Crippen LogP contribution in [0.15, 0.2) is 54.7 Å². The van der Waals surface area contributed by atoms with E-state index in [4.69, 9.17) is 4.74 Å². The Labute approximate surface area is 179 Å². The van der Waals surface area contributed by atoms with Gasteiger partial charge in [-0.3, -0.25) is 9.59 Å². The minimum atomic E-state index is -0.160. The molecule has 0 fully saturated rings. The Kier molecular flexibility index (Phi) is 9.35. The monoisotopic (exact) mass is 411 g/mol. The molecule has 1 aromatic carbocycles. The number of carbonyl (C=O) groups excluding carboxylic acids is 2. The molecule has 0 radical (unpaired) electrons. The van der Waals surface area contributed by atoms with Crippen molar-refractivity contribution in [1.82, 2.24) is 14.4 Å². The fourth-order valence-electron chi connectivity index (χ4n) is 3.09. The third-order valence-electron chi connectivity index (χ3n) is 5.25. The summed E-state index contributed by atoms with van der Waals surface area (Å²) >= 11 is 0. The van der Waals surface area contributed by atoms with Crippen LogP contribution in [-0.4, -0.2) is 59.0 Å². The lowest BCUT2D eigenvalue weighted by Gasteiger charge is -2.30. The smallest absolute Gasteiger partial charge is 0.247 e. The number of rotatable bonds is 11. The highest BCUT2D eigenvalue weighted by atomic mass is 16.5. The van der Waals surface area contributed by atoms with Gasteiger partial charge in [0.15, 0.2) is 0 Å². The SMILES string of the molecule is CCC(C)N(CC(=O)N(CCOC)Cc1cccn1C)C(=O)/C=C/c1ccccc1. The van der Waals surface area contributed by atoms with Crippen LogP contribution >= 0.6 is 0 Å². The molecule has 30 heavy (non-hydrogen) atoms. The normalized spacial score (nSPS) is 12.1. The first-order valence-electron chi connectivity index (χ1n) is 10.4. The number of hydrogen-bond donors (Lipinski definition) is 0. The number of benzene rings is 1. The van der Waals surface area contributed by atoms with E-state index in [0.717, 1.165) is 17.7 Å². The first-order valence-corrected chi connectivity index (χ1v) is 10.4. The van der Waals surface area contributed by atoms with Crippen LogP contribution in [0.25, 0.3) is 6.08 Å². The highest BCUT2D eigenvalue weighted by Gasteiger charge is 2.24. The fourth-order valence-corrected chi connectivity index (χ4v) is 3.09. The maximum absolute atomic E-state index is 13.1. The lowest BCUT2D eigenvalue weighted by molar-refractivity contribution is -0.140. The number of ether oxygens (including phenoxy) is 1. The molecule has 2 amide bonds. The van der Waals surface area contributed by atoms with Crippen LogP contribution in [0, 0.1) is 0 Å². The number of nitrogens with zero attached hydrogens (tertiary/aromatic N) is 3. The Morgan fingerprint density at radius 2 is 1.90 bits per heavy atom. The topological polar surface area (TPSA) is 54.8 Å². The molecule has 0 aliphatic carbocycles. The lowest BCUT2D eigenvalue weighted by atomic mass is 10.2. The van der Waals surface area contributed by atoms with Crippen molar-refractivity contribution in [3.63, 3.8) is 0 Å². The maximum atomic E-state index is 13.1. The summed E-state index contributed by atoms with van der Waals surface area (Å²) in [5.74, 6) is -0.248. The van der Waals surface area contributed by atoms with E-state index in [1.807, 2.05) is 74.1 Å². The van der Waals surface area contributed by atoms with E-state index in [1.165, 1.54) is 0 Å². The molecule has 1 unspecified atom stereocenters. The molecule has 6 heteroatoms. The molecule has 0 bridgehead atoms. The van der Waals surface area contributed by atoms with Gasteiger partial charge in [-0.2, -0.15) is 0 Å². The largest absolute Gasteiger partial charge is 0.383 e. The summed E-state index contributed by atoms with van der Waals surface area (Å²) in [6, 6.07) is 13.6. The first-order chi connectivity index (χ1) is 14.5. The van der Waals surface area contributed by atoms with Gasteiger partial charge in [0.25, 0.3) is 0 Å². The van der Waals surface area contributed by atoms with Gasteiger partial charge in [-0.1, -0.05) is 37.3 Å². The van der Waals surface area contributed by atoms with Crippen molar-refractivity contribution in [3.8, 4) is 0 Å². The standard InChI is InChI=1S/C24H33N3O3/c1-5-20(2)27(23(28)14-13-21-10-7-6-8-11-21)19-24(29)26(16-17-30-4)18-22-12-9-15-25(22)3/h6-15,20H,5,16-19H2,1-4H3/b14-13+. The van der Waals surface area contributed by atoms with Crippen molar-refractivity contribution in [2.45, 2.75) is 32.9 Å². The van der Waals surface area contributed by atoms with Gasteiger partial charge in [0.1, 0.15) is 6.54 Å². The quantitative estimate of drug-likeness (QED) is 0.533. The highest BCUT2D eigenvalue weighted by molar-refractivity contribution is 5.94. The van der Waals surface area contributed by atoms with Crippen molar-refractivity contribution < 1.29 is 14.3 Å². The van der Waals surface area contributed by atoms with Gasteiger partial charge in [0, 0.05) is 44.7 Å². The second kappa shape index (κ2) is 12.0. The molecule has 6 nitrogen and oxygen atoms in total. The molecule has 0 aliphatic rings. The average Bonchev–Trinajstić information content (AvgIpc) is 3.17. The number of hydrogen-bond acceptors (Lipinski definition) is 3. The zero-order valence-corrected chi connectivity index (χ0v) is 18.5. The van der Waals surface area contributed by atoms with Crippen LogP contribution in [0.1, 0.15) is 31.5 Å². The van der Waals surface area contributed by atoms with Crippen LogP contribution in [0.4, 0.5) is 0 Å². The van der Waals surface area contributed by atoms with E-state index in [-0.39, 0.29) is 24.4 Å². The van der Waals surface area contributed by atoms with Crippen molar-refractivity contribution in [2.75, 3.05) is 26.8 Å². The highest BCUT2D eigenvalue weighted by Crippen LogP contribution is 2.11. The van der Waals surface area contributed by atoms with Gasteiger partial charge < -0.3 is 19.1 Å². The van der Waals surface area contributed by atoms with Crippen molar-refractivity contribution >= 4 is 17.9 Å². The maximum Gasteiger partial charge on any atom is 0.247 e. The summed E-state index contributed by atoms with van der Waals surface area (Å²) in [7, 11) is 3.58. The molecule has 1 aromatic heterocycles. The van der Waals surface area contributed by atoms with E-state index < -0.39 is 0 Å². The second-order valence-electron chi connectivity index (χ2n) is 7.39. The Balaban J connectivity index is 2.13. The second-order valence-corrected chi connectivity index (χ2v) is 7.39. The van der Waals surface area contributed by atoms with Crippen LogP contribution in [0.5, 0.6) is 0 Å². The number of aryl methyl sites for hydroxylation is 1. The third kappa shape index (κ3) is 6.88. The Hall–Kier alpha value is -2.86. The fraction of sp³-hybridized carbons (Fsp3) is 0.417. The minimum absolute atomic E-state index is 0.0406. The molecule has 162 valence electrons. The molecule has 0 spiro atoms. The molecule has 1 heterocycles. The minimum Gasteiger partial charge on any atom is -0.383 e. The molecule has 0 saturated heterocycles. The zero-order chi connectivity index (χ0) is 21.9. The summed E-state index contributed by atoms with van der Waals surface area (Å²) in [6.07, 6.45) is 6.06. The number of methoxy groups -OCH3 is 1. The molecule has 0 saturated carbocycles. The van der Waals surface area contributed by atoms with E-state index in [1.54, 1.807) is 29.1 Å². The van der Waals surface area contributed by atoms with E-state index in [9.17, 15) is 9.59 Å². The van der Waals surface area contributed by atoms with Crippen molar-refractivity contribution in [3.05, 3.63) is 66.0 Å². The molecule has 0 aliphatic heterocycles. The van der Waals surface area contributed by atoms with Gasteiger partial charge in [0.2, 0.25) is 11.8 Å². The van der Waals surface area contributed by atoms with Crippen LogP contribution < -0.4 is 0 Å². The number of aromatic nitrogens is 1. The van der Waals surface area contributed by atoms with Gasteiger partial charge in [-0.15, -0.1) is 0 Å². The lowest BCUT2D eigenvalue weighted by Crippen LogP contribution is -2.46. The average molecular weight is 412 g/mol. The Morgan fingerprint density at radius 1 is 1.17 bits per heavy atom. The van der Waals surface area contributed by atoms with E-state index in [2.05, 4.69) is 0 Å². The molecule has 2 rings (SSSR count). The van der Waals surface area contributed by atoms with Crippen molar-refractivity contribution in [1.29, 1.82) is 0 Å². The summed E-state index contributed by atoms with van der Waals surface area (Å²) in [5.41, 5.74) is 1.98. The van der Waals surface area contributed by atoms with Gasteiger partial charge in [-0.05, 0) is 37.1 Å². The molecular weight excluding hydrogens is 378 g/mol. The molecule has 2 aromatic rings. The Morgan fingerprint density at radius 3 is 2.50 bits per heavy atom. The number of amides is 2. The van der Waals surface area contributed by atoms with E-state index >= 15 is 0 Å². The molecular formula is C24H33N3O3. The van der Waals surface area contributed by atoms with Gasteiger partial charge >= 0.3 is 0 Å². The summed E-state index contributed by atoms with van der Waals surface area (Å²) in [5, 5.41) is 0. The molecule has 1 atom stereocenters. The van der Waals surface area contributed by atoms with Crippen LogP contribution in [0.2, 0.25) is 0 Å². The first kappa shape index (κ1) is 23.4. The van der Waals surface area contributed by atoms with Crippen LogP contribution in [0.3, 0.4) is 0 Å².